The molecule has 2 atom stereocenters. The second kappa shape index (κ2) is 9.19. The van der Waals surface area contributed by atoms with E-state index in [0.717, 1.165) is 11.3 Å². The van der Waals surface area contributed by atoms with Gasteiger partial charge in [-0.3, -0.25) is 9.59 Å². The van der Waals surface area contributed by atoms with Crippen molar-refractivity contribution in [2.24, 2.45) is 5.92 Å². The number of hydrogen-bond acceptors (Lipinski definition) is 5. The van der Waals surface area contributed by atoms with Crippen molar-refractivity contribution in [1.29, 1.82) is 0 Å². The van der Waals surface area contributed by atoms with Gasteiger partial charge in [-0.05, 0) is 37.5 Å². The van der Waals surface area contributed by atoms with Gasteiger partial charge in [0.15, 0.2) is 0 Å². The molecule has 2 aliphatic rings. The predicted molar refractivity (Wildman–Crippen MR) is 101 cm³/mol. The summed E-state index contributed by atoms with van der Waals surface area (Å²) < 4.78 is 10.7. The van der Waals surface area contributed by atoms with Gasteiger partial charge in [-0.15, -0.1) is 0 Å². The Kier molecular flexibility index (Phi) is 6.68. The Labute approximate surface area is 160 Å². The zero-order valence-electron chi connectivity index (χ0n) is 16.1. The van der Waals surface area contributed by atoms with Crippen molar-refractivity contribution in [1.82, 2.24) is 15.5 Å². The molecule has 0 unspecified atom stereocenters. The Morgan fingerprint density at radius 3 is 2.59 bits per heavy atom. The third-order valence-corrected chi connectivity index (χ3v) is 5.39. The number of carbonyl (C=O) groups is 2. The summed E-state index contributed by atoms with van der Waals surface area (Å²) in [7, 11) is 1.63. The fourth-order valence-electron chi connectivity index (χ4n) is 3.65. The SMILES string of the molecule is COc1ccc(CNC(=O)C2CCN(C(=O)[C@H]3NCCO[C@@H]3C)CC2)cc1. The first kappa shape index (κ1) is 19.6. The molecule has 0 spiro atoms. The summed E-state index contributed by atoms with van der Waals surface area (Å²) in [4.78, 5) is 27.0. The summed E-state index contributed by atoms with van der Waals surface area (Å²) in [6.45, 7) is 5.00. The number of benzene rings is 1. The molecule has 0 aromatic heterocycles. The van der Waals surface area contributed by atoms with Gasteiger partial charge < -0.3 is 25.0 Å². The van der Waals surface area contributed by atoms with Crippen LogP contribution < -0.4 is 15.4 Å². The van der Waals surface area contributed by atoms with Crippen LogP contribution in [0.3, 0.4) is 0 Å². The molecule has 148 valence electrons. The number of methoxy groups -OCH3 is 1. The average molecular weight is 375 g/mol. The highest BCUT2D eigenvalue weighted by atomic mass is 16.5. The van der Waals surface area contributed by atoms with Crippen LogP contribution in [0.2, 0.25) is 0 Å². The van der Waals surface area contributed by atoms with Crippen LogP contribution in [0, 0.1) is 5.92 Å². The molecule has 0 bridgehead atoms. The smallest absolute Gasteiger partial charge is 0.242 e. The molecular formula is C20H29N3O4. The Hall–Kier alpha value is -2.12. The van der Waals surface area contributed by atoms with E-state index in [1.54, 1.807) is 7.11 Å². The molecular weight excluding hydrogens is 346 g/mol. The minimum Gasteiger partial charge on any atom is -0.497 e. The van der Waals surface area contributed by atoms with Gasteiger partial charge in [0.2, 0.25) is 11.8 Å². The highest BCUT2D eigenvalue weighted by Gasteiger charge is 2.34. The highest BCUT2D eigenvalue weighted by molar-refractivity contribution is 5.83. The van der Waals surface area contributed by atoms with E-state index < -0.39 is 0 Å². The van der Waals surface area contributed by atoms with Crippen molar-refractivity contribution in [3.05, 3.63) is 29.8 Å². The summed E-state index contributed by atoms with van der Waals surface area (Å²) in [5.74, 6) is 0.902. The van der Waals surface area contributed by atoms with Gasteiger partial charge in [0, 0.05) is 32.1 Å². The Balaban J connectivity index is 1.43. The van der Waals surface area contributed by atoms with E-state index in [4.69, 9.17) is 9.47 Å². The zero-order valence-corrected chi connectivity index (χ0v) is 16.1. The van der Waals surface area contributed by atoms with Crippen molar-refractivity contribution < 1.29 is 19.1 Å². The van der Waals surface area contributed by atoms with Gasteiger partial charge in [-0.1, -0.05) is 12.1 Å². The van der Waals surface area contributed by atoms with E-state index in [0.29, 0.717) is 45.6 Å². The standard InChI is InChI=1S/C20H29N3O4/c1-14-18(21-9-12-27-14)20(25)23-10-7-16(8-11-23)19(24)22-13-15-3-5-17(26-2)6-4-15/h3-6,14,16,18,21H,7-13H2,1-2H3,(H,22,24)/t14-,18+/m1/s1. The second-order valence-electron chi connectivity index (χ2n) is 7.17. The van der Waals surface area contributed by atoms with Crippen molar-refractivity contribution in [2.45, 2.75) is 38.5 Å². The topological polar surface area (TPSA) is 79.9 Å². The first-order valence-corrected chi connectivity index (χ1v) is 9.63. The van der Waals surface area contributed by atoms with Crippen LogP contribution in [0.1, 0.15) is 25.3 Å². The van der Waals surface area contributed by atoms with Crippen molar-refractivity contribution in [3.8, 4) is 5.75 Å². The lowest BCUT2D eigenvalue weighted by Gasteiger charge is -2.37. The molecule has 27 heavy (non-hydrogen) atoms. The van der Waals surface area contributed by atoms with E-state index in [2.05, 4.69) is 10.6 Å². The maximum atomic E-state index is 12.7. The summed E-state index contributed by atoms with van der Waals surface area (Å²) in [6, 6.07) is 7.38. The Bertz CT molecular complexity index is 641. The maximum absolute atomic E-state index is 12.7. The number of rotatable bonds is 5. The first-order valence-electron chi connectivity index (χ1n) is 9.63. The molecule has 3 rings (SSSR count). The van der Waals surface area contributed by atoms with Gasteiger partial charge in [0.1, 0.15) is 11.8 Å². The van der Waals surface area contributed by atoms with E-state index in [1.165, 1.54) is 0 Å². The lowest BCUT2D eigenvalue weighted by atomic mass is 9.95. The van der Waals surface area contributed by atoms with Crippen LogP contribution in [0.4, 0.5) is 0 Å². The first-order chi connectivity index (χ1) is 13.1. The highest BCUT2D eigenvalue weighted by Crippen LogP contribution is 2.20. The van der Waals surface area contributed by atoms with Crippen LogP contribution in [0.15, 0.2) is 24.3 Å². The van der Waals surface area contributed by atoms with Crippen LogP contribution in [-0.4, -0.2) is 62.2 Å². The van der Waals surface area contributed by atoms with Crippen LogP contribution in [0.25, 0.3) is 0 Å². The number of ether oxygens (including phenoxy) is 2. The minimum absolute atomic E-state index is 0.0414. The van der Waals surface area contributed by atoms with Crippen molar-refractivity contribution >= 4 is 11.8 Å². The molecule has 2 aliphatic heterocycles. The summed E-state index contributed by atoms with van der Waals surface area (Å²) in [6.07, 6.45) is 1.28. The van der Waals surface area contributed by atoms with Gasteiger partial charge in [-0.2, -0.15) is 0 Å². The zero-order chi connectivity index (χ0) is 19.2. The normalized spacial score (nSPS) is 23.7. The van der Waals surface area contributed by atoms with Crippen LogP contribution in [-0.2, 0) is 20.9 Å². The van der Waals surface area contributed by atoms with Crippen LogP contribution >= 0.6 is 0 Å². The van der Waals surface area contributed by atoms with E-state index in [-0.39, 0.29) is 29.9 Å². The molecule has 2 heterocycles. The van der Waals surface area contributed by atoms with Gasteiger partial charge >= 0.3 is 0 Å². The number of likely N-dealkylation sites (tertiary alicyclic amines) is 1. The second-order valence-corrected chi connectivity index (χ2v) is 7.17. The quantitative estimate of drug-likeness (QED) is 0.800. The lowest BCUT2D eigenvalue weighted by Crippen LogP contribution is -2.57. The fraction of sp³-hybridized carbons (Fsp3) is 0.600. The molecule has 0 radical (unpaired) electrons. The maximum Gasteiger partial charge on any atom is 0.242 e. The molecule has 2 amide bonds. The molecule has 0 aliphatic carbocycles. The van der Waals surface area contributed by atoms with Gasteiger partial charge in [0.05, 0.1) is 19.8 Å². The molecule has 1 aromatic carbocycles. The monoisotopic (exact) mass is 375 g/mol. The number of hydrogen-bond donors (Lipinski definition) is 2. The van der Waals surface area contributed by atoms with E-state index in [1.807, 2.05) is 36.1 Å². The number of morpholine rings is 1. The van der Waals surface area contributed by atoms with Crippen molar-refractivity contribution in [2.75, 3.05) is 33.4 Å². The number of carbonyl (C=O) groups excluding carboxylic acids is 2. The molecule has 1 aromatic rings. The van der Waals surface area contributed by atoms with E-state index in [9.17, 15) is 9.59 Å². The third-order valence-electron chi connectivity index (χ3n) is 5.39. The lowest BCUT2D eigenvalue weighted by molar-refractivity contribution is -0.142. The largest absolute Gasteiger partial charge is 0.497 e. The summed E-state index contributed by atoms with van der Waals surface area (Å²) in [5.41, 5.74) is 1.04. The number of nitrogens with one attached hydrogen (secondary N) is 2. The molecule has 2 N–H and O–H groups in total. The van der Waals surface area contributed by atoms with Gasteiger partial charge in [-0.25, -0.2) is 0 Å². The number of nitrogens with zero attached hydrogens (tertiary/aromatic N) is 1. The van der Waals surface area contributed by atoms with E-state index >= 15 is 0 Å². The minimum atomic E-state index is -0.279. The Morgan fingerprint density at radius 1 is 1.26 bits per heavy atom. The molecule has 0 saturated carbocycles. The average Bonchev–Trinajstić information content (AvgIpc) is 2.72. The van der Waals surface area contributed by atoms with Gasteiger partial charge in [0.25, 0.3) is 0 Å². The molecule has 7 nitrogen and oxygen atoms in total. The van der Waals surface area contributed by atoms with Crippen molar-refractivity contribution in [3.63, 3.8) is 0 Å². The molecule has 2 saturated heterocycles. The summed E-state index contributed by atoms with van der Waals surface area (Å²) >= 11 is 0. The third kappa shape index (κ3) is 4.99. The predicted octanol–water partition coefficient (Wildman–Crippen LogP) is 0.927. The Morgan fingerprint density at radius 2 is 1.96 bits per heavy atom. The molecule has 7 heteroatoms. The number of amides is 2. The summed E-state index contributed by atoms with van der Waals surface area (Å²) in [5, 5.41) is 6.25. The van der Waals surface area contributed by atoms with Crippen LogP contribution in [0.5, 0.6) is 5.75 Å². The number of piperidine rings is 1. The fourth-order valence-corrected chi connectivity index (χ4v) is 3.65. The molecule has 2 fully saturated rings.